The van der Waals surface area contributed by atoms with E-state index in [4.69, 9.17) is 17.0 Å². The molecule has 3 N–H and O–H groups in total. The molecular weight excluding hydrogens is 256 g/mol. The van der Waals surface area contributed by atoms with E-state index in [0.717, 1.165) is 11.4 Å². The molecule has 1 heterocycles. The van der Waals surface area contributed by atoms with Crippen molar-refractivity contribution in [1.82, 2.24) is 16.1 Å². The maximum atomic E-state index is 5.08. The maximum Gasteiger partial charge on any atom is 0.119 e. The maximum absolute atomic E-state index is 5.08. The summed E-state index contributed by atoms with van der Waals surface area (Å²) >= 11 is 9.24. The van der Waals surface area contributed by atoms with Crippen LogP contribution in [0.1, 0.15) is 0 Å². The SMILES string of the molecule is COc1ccc(NN2NC(=S)C=C(S)N2)cc1. The Balaban J connectivity index is 2.01. The van der Waals surface area contributed by atoms with E-state index < -0.39 is 0 Å². The van der Waals surface area contributed by atoms with Gasteiger partial charge in [0.1, 0.15) is 10.7 Å². The fourth-order valence-electron chi connectivity index (χ4n) is 1.29. The van der Waals surface area contributed by atoms with Gasteiger partial charge in [-0.1, -0.05) is 12.2 Å². The van der Waals surface area contributed by atoms with Gasteiger partial charge in [0.25, 0.3) is 0 Å². The van der Waals surface area contributed by atoms with Crippen molar-refractivity contribution >= 4 is 35.5 Å². The largest absolute Gasteiger partial charge is 0.497 e. The number of methoxy groups -OCH3 is 1. The number of hydrogen-bond acceptors (Lipinski definition) is 6. The van der Waals surface area contributed by atoms with Gasteiger partial charge in [0.05, 0.1) is 17.8 Å². The highest BCUT2D eigenvalue weighted by Gasteiger charge is 2.11. The minimum Gasteiger partial charge on any atom is -0.497 e. The standard InChI is InChI=1S/C10H12N4OS2/c1-15-8-4-2-7(3-5-8)11-14-12-9(16)6-10(17)13-14/h2-6,11-12,16H,1H3,(H,13,17). The topological polar surface area (TPSA) is 48.6 Å². The minimum absolute atomic E-state index is 0.578. The van der Waals surface area contributed by atoms with Crippen LogP contribution in [0, 0.1) is 0 Å². The summed E-state index contributed by atoms with van der Waals surface area (Å²) < 4.78 is 5.08. The normalized spacial score (nSPS) is 15.6. The molecule has 1 aliphatic rings. The van der Waals surface area contributed by atoms with E-state index >= 15 is 0 Å². The van der Waals surface area contributed by atoms with Crippen molar-refractivity contribution in [2.24, 2.45) is 0 Å². The Kier molecular flexibility index (Phi) is 3.72. The second-order valence-corrected chi connectivity index (χ2v) is 4.21. The second kappa shape index (κ2) is 5.26. The first-order valence-corrected chi connectivity index (χ1v) is 5.72. The summed E-state index contributed by atoms with van der Waals surface area (Å²) in [5.74, 6) is 0.806. The Morgan fingerprint density at radius 1 is 1.29 bits per heavy atom. The predicted molar refractivity (Wildman–Crippen MR) is 74.4 cm³/mol. The number of anilines is 1. The highest BCUT2D eigenvalue weighted by Crippen LogP contribution is 2.15. The van der Waals surface area contributed by atoms with Crippen LogP contribution >= 0.6 is 24.8 Å². The molecule has 0 amide bonds. The summed E-state index contributed by atoms with van der Waals surface area (Å²) in [6.45, 7) is 0. The summed E-state index contributed by atoms with van der Waals surface area (Å²) in [5, 5.41) is 2.20. The number of thiol groups is 1. The molecular formula is C10H12N4OS2. The first-order chi connectivity index (χ1) is 8.17. The molecule has 0 unspecified atom stereocenters. The molecule has 2 rings (SSSR count). The van der Waals surface area contributed by atoms with Crippen molar-refractivity contribution in [3.05, 3.63) is 35.4 Å². The fraction of sp³-hybridized carbons (Fsp3) is 0.100. The Labute approximate surface area is 110 Å². The third kappa shape index (κ3) is 3.26. The van der Waals surface area contributed by atoms with Crippen molar-refractivity contribution in [2.75, 3.05) is 12.5 Å². The van der Waals surface area contributed by atoms with Gasteiger partial charge in [0.15, 0.2) is 0 Å². The van der Waals surface area contributed by atoms with Crippen LogP contribution < -0.4 is 21.0 Å². The average Bonchev–Trinajstić information content (AvgIpc) is 2.28. The van der Waals surface area contributed by atoms with Gasteiger partial charge >= 0.3 is 0 Å². The molecule has 7 heteroatoms. The summed E-state index contributed by atoms with van der Waals surface area (Å²) in [6, 6.07) is 7.51. The van der Waals surface area contributed by atoms with Crippen molar-refractivity contribution in [3.63, 3.8) is 0 Å². The van der Waals surface area contributed by atoms with E-state index in [1.165, 1.54) is 5.23 Å². The summed E-state index contributed by atoms with van der Waals surface area (Å²) in [7, 11) is 1.63. The van der Waals surface area contributed by atoms with Crippen LogP contribution in [0.3, 0.4) is 0 Å². The van der Waals surface area contributed by atoms with Crippen molar-refractivity contribution in [3.8, 4) is 5.75 Å². The van der Waals surface area contributed by atoms with Gasteiger partial charge < -0.3 is 4.74 Å². The van der Waals surface area contributed by atoms with Crippen LogP contribution in [-0.4, -0.2) is 17.3 Å². The third-order valence-electron chi connectivity index (χ3n) is 2.05. The Bertz CT molecular complexity index is 446. The number of thiocarbonyl (C=S) groups is 1. The van der Waals surface area contributed by atoms with Crippen LogP contribution in [0.4, 0.5) is 5.69 Å². The summed E-state index contributed by atoms with van der Waals surface area (Å²) in [4.78, 5) is 0.578. The molecule has 90 valence electrons. The van der Waals surface area contributed by atoms with Crippen molar-refractivity contribution in [2.45, 2.75) is 0 Å². The zero-order valence-corrected chi connectivity index (χ0v) is 10.8. The number of hydrogen-bond donors (Lipinski definition) is 4. The van der Waals surface area contributed by atoms with E-state index in [2.05, 4.69) is 28.9 Å². The Morgan fingerprint density at radius 2 is 2.00 bits per heavy atom. The summed E-state index contributed by atoms with van der Waals surface area (Å²) in [5.41, 5.74) is 9.81. The first kappa shape index (κ1) is 12.0. The first-order valence-electron chi connectivity index (χ1n) is 4.86. The number of nitrogens with one attached hydrogen (secondary N) is 3. The van der Waals surface area contributed by atoms with E-state index in [9.17, 15) is 0 Å². The minimum atomic E-state index is 0.578. The number of hydrazine groups is 3. The highest BCUT2D eigenvalue weighted by molar-refractivity contribution is 7.84. The second-order valence-electron chi connectivity index (χ2n) is 3.29. The molecule has 0 saturated heterocycles. The number of nitrogens with zero attached hydrogens (tertiary/aromatic N) is 1. The number of benzene rings is 1. The molecule has 0 bridgehead atoms. The van der Waals surface area contributed by atoms with Gasteiger partial charge in [-0.25, -0.2) is 0 Å². The molecule has 0 aromatic heterocycles. The van der Waals surface area contributed by atoms with Crippen LogP contribution in [-0.2, 0) is 0 Å². The molecule has 0 atom stereocenters. The lowest BCUT2D eigenvalue weighted by atomic mass is 10.3. The monoisotopic (exact) mass is 268 g/mol. The molecule has 5 nitrogen and oxygen atoms in total. The van der Waals surface area contributed by atoms with E-state index in [1.54, 1.807) is 13.2 Å². The van der Waals surface area contributed by atoms with Gasteiger partial charge in [-0.15, -0.1) is 12.6 Å². The van der Waals surface area contributed by atoms with Gasteiger partial charge in [-0.2, -0.15) is 0 Å². The van der Waals surface area contributed by atoms with Crippen LogP contribution in [0.2, 0.25) is 0 Å². The van der Waals surface area contributed by atoms with Crippen LogP contribution in [0.5, 0.6) is 5.75 Å². The number of rotatable bonds is 3. The number of ether oxygens (including phenoxy) is 1. The Morgan fingerprint density at radius 3 is 2.59 bits per heavy atom. The molecule has 0 spiro atoms. The van der Waals surface area contributed by atoms with Gasteiger partial charge in [0.2, 0.25) is 0 Å². The third-order valence-corrected chi connectivity index (χ3v) is 2.49. The van der Waals surface area contributed by atoms with E-state index in [-0.39, 0.29) is 0 Å². The van der Waals surface area contributed by atoms with Crippen molar-refractivity contribution in [1.29, 1.82) is 0 Å². The highest BCUT2D eigenvalue weighted by atomic mass is 32.1. The zero-order valence-electron chi connectivity index (χ0n) is 9.10. The van der Waals surface area contributed by atoms with Gasteiger partial charge in [0, 0.05) is 6.08 Å². The fourth-order valence-corrected chi connectivity index (χ4v) is 1.82. The molecule has 0 saturated carbocycles. The lowest BCUT2D eigenvalue weighted by molar-refractivity contribution is 0.225. The predicted octanol–water partition coefficient (Wildman–Crippen LogP) is 1.45. The van der Waals surface area contributed by atoms with Gasteiger partial charge in [-0.05, 0) is 29.5 Å². The molecule has 1 aromatic carbocycles. The summed E-state index contributed by atoms with van der Waals surface area (Å²) in [6.07, 6.45) is 1.71. The molecule has 0 radical (unpaired) electrons. The molecule has 0 aliphatic carbocycles. The quantitative estimate of drug-likeness (QED) is 0.492. The lowest BCUT2D eigenvalue weighted by Gasteiger charge is -2.29. The zero-order chi connectivity index (χ0) is 12.3. The molecule has 17 heavy (non-hydrogen) atoms. The smallest absolute Gasteiger partial charge is 0.119 e. The van der Waals surface area contributed by atoms with Crippen molar-refractivity contribution < 1.29 is 4.74 Å². The van der Waals surface area contributed by atoms with Crippen LogP contribution in [0.25, 0.3) is 0 Å². The average molecular weight is 268 g/mol. The van der Waals surface area contributed by atoms with E-state index in [0.29, 0.717) is 10.0 Å². The van der Waals surface area contributed by atoms with Gasteiger partial charge in [-0.3, -0.25) is 16.3 Å². The lowest BCUT2D eigenvalue weighted by Crippen LogP contribution is -2.55. The van der Waals surface area contributed by atoms with Crippen LogP contribution in [0.15, 0.2) is 35.4 Å². The van der Waals surface area contributed by atoms with E-state index in [1.807, 2.05) is 24.3 Å². The Hall–Kier alpha value is -1.44. The molecule has 1 aliphatic heterocycles. The molecule has 1 aromatic rings. The molecule has 0 fully saturated rings.